The second-order valence-electron chi connectivity index (χ2n) is 4.33. The summed E-state index contributed by atoms with van der Waals surface area (Å²) in [5.41, 5.74) is 5.78. The fraction of sp³-hybridized carbons (Fsp3) is 0.143. The van der Waals surface area contributed by atoms with Crippen molar-refractivity contribution in [2.75, 3.05) is 0 Å². The number of benzene rings is 2. The Morgan fingerprint density at radius 2 is 1.65 bits per heavy atom. The van der Waals surface area contributed by atoms with Gasteiger partial charge in [-0.2, -0.15) is 0 Å². The van der Waals surface area contributed by atoms with Gasteiger partial charge in [-0.3, -0.25) is 0 Å². The maximum atomic E-state index is 13.8. The molecule has 0 aliphatic heterocycles. The second-order valence-corrected chi connectivity index (χ2v) is 5.68. The van der Waals surface area contributed by atoms with Gasteiger partial charge < -0.3 is 5.73 Å². The Kier molecular flexibility index (Phi) is 4.73. The number of nitrogens with two attached hydrogens (primary N) is 1. The zero-order valence-electron chi connectivity index (χ0n) is 10.1. The molecule has 2 aromatic carbocycles. The van der Waals surface area contributed by atoms with Gasteiger partial charge in [-0.15, -0.1) is 0 Å². The van der Waals surface area contributed by atoms with E-state index in [2.05, 4.69) is 15.9 Å². The molecule has 0 aliphatic carbocycles. The van der Waals surface area contributed by atoms with E-state index in [1.54, 1.807) is 0 Å². The van der Waals surface area contributed by atoms with Gasteiger partial charge in [-0.1, -0.05) is 33.6 Å². The molecule has 0 heterocycles. The van der Waals surface area contributed by atoms with E-state index in [-0.39, 0.29) is 27.0 Å². The molecule has 0 aromatic heterocycles. The first-order chi connectivity index (χ1) is 9.38. The predicted octanol–water partition coefficient (Wildman–Crippen LogP) is 4.76. The van der Waals surface area contributed by atoms with E-state index in [1.807, 2.05) is 0 Å². The maximum absolute atomic E-state index is 13.8. The Morgan fingerprint density at radius 1 is 1.05 bits per heavy atom. The number of rotatable bonds is 3. The number of hydrogen-bond acceptors (Lipinski definition) is 1. The van der Waals surface area contributed by atoms with Crippen LogP contribution in [-0.4, -0.2) is 0 Å². The smallest absolute Gasteiger partial charge is 0.132 e. The molecule has 1 unspecified atom stereocenters. The highest BCUT2D eigenvalue weighted by Gasteiger charge is 2.19. The molecule has 2 rings (SSSR count). The molecule has 0 aliphatic rings. The average molecular weight is 365 g/mol. The van der Waals surface area contributed by atoms with Gasteiger partial charge in [-0.05, 0) is 36.2 Å². The number of hydrogen-bond donors (Lipinski definition) is 1. The predicted molar refractivity (Wildman–Crippen MR) is 76.1 cm³/mol. The summed E-state index contributed by atoms with van der Waals surface area (Å²) in [4.78, 5) is 0. The van der Waals surface area contributed by atoms with E-state index < -0.39 is 23.5 Å². The van der Waals surface area contributed by atoms with Crippen molar-refractivity contribution in [3.05, 3.63) is 68.4 Å². The van der Waals surface area contributed by atoms with E-state index in [0.29, 0.717) is 0 Å². The van der Waals surface area contributed by atoms with Crippen LogP contribution in [0, 0.1) is 17.5 Å². The lowest BCUT2D eigenvalue weighted by atomic mass is 9.98. The third-order valence-electron chi connectivity index (χ3n) is 2.87. The molecular formula is C14H10BrClF3N. The summed E-state index contributed by atoms with van der Waals surface area (Å²) in [7, 11) is 0. The summed E-state index contributed by atoms with van der Waals surface area (Å²) in [6.07, 6.45) is -0.0293. The van der Waals surface area contributed by atoms with E-state index in [9.17, 15) is 13.2 Å². The highest BCUT2D eigenvalue weighted by Crippen LogP contribution is 2.27. The van der Waals surface area contributed by atoms with Crippen LogP contribution in [0.15, 0.2) is 34.8 Å². The van der Waals surface area contributed by atoms with Crippen molar-refractivity contribution in [1.29, 1.82) is 0 Å². The molecule has 0 saturated carbocycles. The minimum atomic E-state index is -0.987. The zero-order chi connectivity index (χ0) is 14.9. The largest absolute Gasteiger partial charge is 0.323 e. The zero-order valence-corrected chi connectivity index (χ0v) is 12.5. The van der Waals surface area contributed by atoms with E-state index in [1.165, 1.54) is 12.1 Å². The molecule has 106 valence electrons. The lowest BCUT2D eigenvalue weighted by Crippen LogP contribution is -2.17. The van der Waals surface area contributed by atoms with Crippen molar-refractivity contribution in [2.45, 2.75) is 12.5 Å². The SMILES string of the molecule is NC(Cc1ccc(Cl)cc1F)c1c(F)cc(Br)cc1F. The van der Waals surface area contributed by atoms with Gasteiger partial charge in [0.25, 0.3) is 0 Å². The number of halogens is 5. The van der Waals surface area contributed by atoms with Crippen LogP contribution in [0.25, 0.3) is 0 Å². The third-order valence-corrected chi connectivity index (χ3v) is 3.56. The van der Waals surface area contributed by atoms with Crippen LogP contribution in [-0.2, 0) is 6.42 Å². The topological polar surface area (TPSA) is 26.0 Å². The van der Waals surface area contributed by atoms with Crippen molar-refractivity contribution < 1.29 is 13.2 Å². The summed E-state index contributed by atoms with van der Waals surface area (Å²) in [6.45, 7) is 0. The van der Waals surface area contributed by atoms with E-state index >= 15 is 0 Å². The van der Waals surface area contributed by atoms with Crippen LogP contribution in [0.3, 0.4) is 0 Å². The summed E-state index contributed by atoms with van der Waals surface area (Å²) in [6, 6.07) is 5.34. The van der Waals surface area contributed by atoms with Crippen LogP contribution in [0.5, 0.6) is 0 Å². The quantitative estimate of drug-likeness (QED) is 0.835. The molecule has 0 radical (unpaired) electrons. The maximum Gasteiger partial charge on any atom is 0.132 e. The van der Waals surface area contributed by atoms with Gasteiger partial charge in [0.05, 0.1) is 0 Å². The first kappa shape index (κ1) is 15.4. The molecule has 1 nitrogen and oxygen atoms in total. The Hall–Kier alpha value is -1.04. The van der Waals surface area contributed by atoms with Crippen molar-refractivity contribution in [2.24, 2.45) is 5.73 Å². The second kappa shape index (κ2) is 6.16. The molecule has 2 N–H and O–H groups in total. The minimum Gasteiger partial charge on any atom is -0.323 e. The van der Waals surface area contributed by atoms with Gasteiger partial charge in [-0.25, -0.2) is 13.2 Å². The average Bonchev–Trinajstić information content (AvgIpc) is 2.31. The van der Waals surface area contributed by atoms with Gasteiger partial charge in [0.2, 0.25) is 0 Å². The molecule has 2 aromatic rings. The summed E-state index contributed by atoms with van der Waals surface area (Å²) in [5.74, 6) is -2.08. The highest BCUT2D eigenvalue weighted by molar-refractivity contribution is 9.10. The lowest BCUT2D eigenvalue weighted by molar-refractivity contribution is 0.517. The van der Waals surface area contributed by atoms with Crippen LogP contribution in [0.2, 0.25) is 5.02 Å². The lowest BCUT2D eigenvalue weighted by Gasteiger charge is -2.15. The molecule has 0 amide bonds. The molecule has 0 bridgehead atoms. The molecule has 20 heavy (non-hydrogen) atoms. The van der Waals surface area contributed by atoms with Crippen molar-refractivity contribution in [1.82, 2.24) is 0 Å². The summed E-state index contributed by atoms with van der Waals surface area (Å²) >= 11 is 8.63. The van der Waals surface area contributed by atoms with Crippen LogP contribution < -0.4 is 5.73 Å². The fourth-order valence-electron chi connectivity index (χ4n) is 1.93. The Balaban J connectivity index is 2.31. The first-order valence-electron chi connectivity index (χ1n) is 5.72. The fourth-order valence-corrected chi connectivity index (χ4v) is 2.49. The van der Waals surface area contributed by atoms with E-state index in [4.69, 9.17) is 17.3 Å². The van der Waals surface area contributed by atoms with Gasteiger partial charge in [0, 0.05) is 21.1 Å². The van der Waals surface area contributed by atoms with Crippen LogP contribution in [0.4, 0.5) is 13.2 Å². The summed E-state index contributed by atoms with van der Waals surface area (Å²) < 4.78 is 41.5. The molecule has 6 heteroatoms. The normalized spacial score (nSPS) is 12.5. The standard InChI is InChI=1S/C14H10BrClF3N/c15-8-4-11(18)14(12(19)5-8)13(20)3-7-1-2-9(16)6-10(7)17/h1-2,4-6,13H,3,20H2. The third kappa shape index (κ3) is 3.34. The first-order valence-corrected chi connectivity index (χ1v) is 6.89. The van der Waals surface area contributed by atoms with Gasteiger partial charge in [0.15, 0.2) is 0 Å². The Bertz CT molecular complexity index is 625. The molecular weight excluding hydrogens is 355 g/mol. The minimum absolute atomic E-state index is 0.0293. The van der Waals surface area contributed by atoms with Crippen molar-refractivity contribution in [3.8, 4) is 0 Å². The Morgan fingerprint density at radius 3 is 2.20 bits per heavy atom. The van der Waals surface area contributed by atoms with Gasteiger partial charge in [0.1, 0.15) is 17.5 Å². The Labute approximate surface area is 127 Å². The highest BCUT2D eigenvalue weighted by atomic mass is 79.9. The van der Waals surface area contributed by atoms with Crippen LogP contribution >= 0.6 is 27.5 Å². The van der Waals surface area contributed by atoms with Crippen molar-refractivity contribution >= 4 is 27.5 Å². The monoisotopic (exact) mass is 363 g/mol. The molecule has 0 saturated heterocycles. The van der Waals surface area contributed by atoms with Crippen LogP contribution in [0.1, 0.15) is 17.2 Å². The molecule has 1 atom stereocenters. The molecule has 0 spiro atoms. The molecule has 0 fully saturated rings. The van der Waals surface area contributed by atoms with Gasteiger partial charge >= 0.3 is 0 Å². The van der Waals surface area contributed by atoms with Crippen molar-refractivity contribution in [3.63, 3.8) is 0 Å². The summed E-state index contributed by atoms with van der Waals surface area (Å²) in [5, 5.41) is 0.251. The van der Waals surface area contributed by atoms with E-state index in [0.717, 1.165) is 18.2 Å².